The van der Waals surface area contributed by atoms with Crippen LogP contribution in [0.5, 0.6) is 0 Å². The third-order valence-corrected chi connectivity index (χ3v) is 3.79. The van der Waals surface area contributed by atoms with Crippen molar-refractivity contribution < 1.29 is 19.5 Å². The molecular formula is C10H17N3O4S. The lowest BCUT2D eigenvalue weighted by molar-refractivity contribution is -0.140. The van der Waals surface area contributed by atoms with Crippen LogP contribution in [0.15, 0.2) is 0 Å². The molecule has 18 heavy (non-hydrogen) atoms. The summed E-state index contributed by atoms with van der Waals surface area (Å²) < 4.78 is 0. The van der Waals surface area contributed by atoms with Gasteiger partial charge in [-0.2, -0.15) is 0 Å². The summed E-state index contributed by atoms with van der Waals surface area (Å²) >= 11 is 1.38. The van der Waals surface area contributed by atoms with Crippen molar-refractivity contribution in [3.8, 4) is 0 Å². The number of hydrogen-bond acceptors (Lipinski definition) is 4. The number of amides is 3. The summed E-state index contributed by atoms with van der Waals surface area (Å²) in [6, 6.07) is -1.30. The lowest BCUT2D eigenvalue weighted by atomic mass is 9.93. The van der Waals surface area contributed by atoms with Gasteiger partial charge < -0.3 is 21.1 Å². The summed E-state index contributed by atoms with van der Waals surface area (Å²) in [5.41, 5.74) is 4.32. The normalized spacial score (nSPS) is 19.7. The van der Waals surface area contributed by atoms with Crippen molar-refractivity contribution in [2.75, 3.05) is 18.2 Å². The molecule has 1 rings (SSSR count). The molecule has 8 heteroatoms. The smallest absolute Gasteiger partial charge is 0.327 e. The van der Waals surface area contributed by atoms with Crippen molar-refractivity contribution in [2.45, 2.75) is 19.9 Å². The van der Waals surface area contributed by atoms with E-state index >= 15 is 0 Å². The second-order valence-corrected chi connectivity index (χ2v) is 5.73. The lowest BCUT2D eigenvalue weighted by Gasteiger charge is -2.25. The number of primary amides is 1. The van der Waals surface area contributed by atoms with Crippen LogP contribution in [-0.2, 0) is 9.59 Å². The number of carboxylic acids is 1. The Labute approximate surface area is 109 Å². The number of carbonyl (C=O) groups is 3. The number of rotatable bonds is 4. The van der Waals surface area contributed by atoms with Gasteiger partial charge in [-0.1, -0.05) is 0 Å². The largest absolute Gasteiger partial charge is 0.480 e. The molecule has 0 aromatic carbocycles. The molecule has 1 heterocycles. The molecule has 0 saturated carbocycles. The first-order valence-electron chi connectivity index (χ1n) is 5.40. The van der Waals surface area contributed by atoms with Gasteiger partial charge in [0, 0.05) is 12.3 Å². The summed E-state index contributed by atoms with van der Waals surface area (Å²) in [6.07, 6.45) is 0. The van der Waals surface area contributed by atoms with E-state index in [-0.39, 0.29) is 6.54 Å². The molecule has 0 spiro atoms. The van der Waals surface area contributed by atoms with Crippen molar-refractivity contribution in [1.29, 1.82) is 0 Å². The third kappa shape index (κ3) is 3.28. The molecule has 4 N–H and O–H groups in total. The molecule has 1 fully saturated rings. The minimum Gasteiger partial charge on any atom is -0.480 e. The molecule has 7 nitrogen and oxygen atoms in total. The van der Waals surface area contributed by atoms with E-state index in [1.165, 1.54) is 16.7 Å². The Kier molecular flexibility index (Phi) is 4.44. The minimum absolute atomic E-state index is 0.0780. The number of nitrogens with zero attached hydrogens (tertiary/aromatic N) is 1. The number of carbonyl (C=O) groups excluding carboxylic acids is 2. The minimum atomic E-state index is -1.02. The van der Waals surface area contributed by atoms with E-state index in [1.807, 2.05) is 0 Å². The van der Waals surface area contributed by atoms with E-state index in [1.54, 1.807) is 13.8 Å². The van der Waals surface area contributed by atoms with E-state index in [0.717, 1.165) is 0 Å². The van der Waals surface area contributed by atoms with Crippen LogP contribution < -0.4 is 11.1 Å². The van der Waals surface area contributed by atoms with E-state index in [9.17, 15) is 14.4 Å². The summed E-state index contributed by atoms with van der Waals surface area (Å²) in [4.78, 5) is 35.1. The topological polar surface area (TPSA) is 113 Å². The van der Waals surface area contributed by atoms with Gasteiger partial charge in [0.25, 0.3) is 0 Å². The molecule has 0 aromatic rings. The van der Waals surface area contributed by atoms with Crippen LogP contribution in [0.4, 0.5) is 4.79 Å². The Morgan fingerprint density at radius 3 is 2.61 bits per heavy atom. The molecular weight excluding hydrogens is 258 g/mol. The molecule has 1 unspecified atom stereocenters. The molecule has 0 aromatic heterocycles. The van der Waals surface area contributed by atoms with Crippen molar-refractivity contribution in [1.82, 2.24) is 10.2 Å². The SMILES string of the molecule is CC(C)(CNC(=O)N1CSCC1C(=O)O)C(N)=O. The van der Waals surface area contributed by atoms with E-state index < -0.39 is 29.4 Å². The number of carboxylic acid groups (broad SMARTS) is 1. The maximum atomic E-state index is 11.8. The zero-order chi connectivity index (χ0) is 13.9. The van der Waals surface area contributed by atoms with Gasteiger partial charge in [-0.25, -0.2) is 9.59 Å². The van der Waals surface area contributed by atoms with Crippen LogP contribution in [-0.4, -0.2) is 52.1 Å². The Morgan fingerprint density at radius 1 is 1.50 bits per heavy atom. The van der Waals surface area contributed by atoms with Crippen LogP contribution in [0.25, 0.3) is 0 Å². The Morgan fingerprint density at radius 2 is 2.11 bits per heavy atom. The summed E-state index contributed by atoms with van der Waals surface area (Å²) in [5, 5.41) is 11.5. The van der Waals surface area contributed by atoms with Gasteiger partial charge in [0.1, 0.15) is 6.04 Å². The zero-order valence-corrected chi connectivity index (χ0v) is 11.1. The standard InChI is InChI=1S/C10H17N3O4S/c1-10(2,8(11)16)4-12-9(17)13-5-18-3-6(13)7(14)15/h6H,3-5H2,1-2H3,(H2,11,16)(H,12,17)(H,14,15). The van der Waals surface area contributed by atoms with Gasteiger partial charge in [-0.05, 0) is 13.8 Å². The molecule has 1 saturated heterocycles. The summed E-state index contributed by atoms with van der Waals surface area (Å²) in [6.45, 7) is 3.31. The monoisotopic (exact) mass is 275 g/mol. The summed E-state index contributed by atoms with van der Waals surface area (Å²) in [7, 11) is 0. The maximum Gasteiger partial charge on any atom is 0.327 e. The Bertz CT molecular complexity index is 372. The molecule has 1 aliphatic heterocycles. The second-order valence-electron chi connectivity index (χ2n) is 4.73. The fourth-order valence-corrected chi connectivity index (χ4v) is 2.48. The zero-order valence-electron chi connectivity index (χ0n) is 10.3. The van der Waals surface area contributed by atoms with Crippen LogP contribution in [0.2, 0.25) is 0 Å². The van der Waals surface area contributed by atoms with Crippen molar-refractivity contribution in [3.05, 3.63) is 0 Å². The highest BCUT2D eigenvalue weighted by atomic mass is 32.2. The predicted octanol–water partition coefficient (Wildman–Crippen LogP) is -0.333. The van der Waals surface area contributed by atoms with Crippen LogP contribution in [0, 0.1) is 5.41 Å². The Balaban J connectivity index is 2.56. The molecule has 1 aliphatic rings. The molecule has 0 aliphatic carbocycles. The van der Waals surface area contributed by atoms with Crippen molar-refractivity contribution in [2.24, 2.45) is 11.1 Å². The molecule has 102 valence electrons. The van der Waals surface area contributed by atoms with Crippen LogP contribution in [0.1, 0.15) is 13.8 Å². The summed E-state index contributed by atoms with van der Waals surface area (Å²) in [5.74, 6) is -0.834. The molecule has 0 bridgehead atoms. The third-order valence-electron chi connectivity index (χ3n) is 2.78. The molecule has 3 amide bonds. The first-order valence-corrected chi connectivity index (χ1v) is 6.56. The first-order chi connectivity index (χ1) is 8.25. The Hall–Kier alpha value is -1.44. The van der Waals surface area contributed by atoms with Gasteiger partial charge in [-0.3, -0.25) is 4.79 Å². The van der Waals surface area contributed by atoms with Gasteiger partial charge in [0.15, 0.2) is 0 Å². The number of hydrogen-bond donors (Lipinski definition) is 3. The van der Waals surface area contributed by atoms with Crippen molar-refractivity contribution >= 4 is 29.7 Å². The number of urea groups is 1. The fraction of sp³-hybridized carbons (Fsp3) is 0.700. The van der Waals surface area contributed by atoms with Crippen LogP contribution in [0.3, 0.4) is 0 Å². The number of thioether (sulfide) groups is 1. The first kappa shape index (κ1) is 14.6. The van der Waals surface area contributed by atoms with Gasteiger partial charge >= 0.3 is 12.0 Å². The van der Waals surface area contributed by atoms with Gasteiger partial charge in [0.2, 0.25) is 5.91 Å². The average Bonchev–Trinajstić information content (AvgIpc) is 2.74. The lowest BCUT2D eigenvalue weighted by Crippen LogP contribution is -2.50. The van der Waals surface area contributed by atoms with E-state index in [0.29, 0.717) is 11.6 Å². The molecule has 1 atom stereocenters. The van der Waals surface area contributed by atoms with Gasteiger partial charge in [0.05, 0.1) is 11.3 Å². The number of aliphatic carboxylic acids is 1. The quantitative estimate of drug-likeness (QED) is 0.650. The number of nitrogens with one attached hydrogen (secondary N) is 1. The van der Waals surface area contributed by atoms with E-state index in [2.05, 4.69) is 5.32 Å². The van der Waals surface area contributed by atoms with Crippen molar-refractivity contribution in [3.63, 3.8) is 0 Å². The van der Waals surface area contributed by atoms with Gasteiger partial charge in [-0.15, -0.1) is 11.8 Å². The number of nitrogens with two attached hydrogens (primary N) is 1. The second kappa shape index (κ2) is 5.47. The van der Waals surface area contributed by atoms with Crippen LogP contribution >= 0.6 is 11.8 Å². The predicted molar refractivity (Wildman–Crippen MR) is 67.0 cm³/mol. The van der Waals surface area contributed by atoms with E-state index in [4.69, 9.17) is 10.8 Å². The molecule has 0 radical (unpaired) electrons. The fourth-order valence-electron chi connectivity index (χ4n) is 1.33. The maximum absolute atomic E-state index is 11.8. The average molecular weight is 275 g/mol. The highest BCUT2D eigenvalue weighted by Gasteiger charge is 2.35. The highest BCUT2D eigenvalue weighted by molar-refractivity contribution is 7.99. The highest BCUT2D eigenvalue weighted by Crippen LogP contribution is 2.21.